The summed E-state index contributed by atoms with van der Waals surface area (Å²) in [7, 11) is 3.73. The maximum absolute atomic E-state index is 12.0. The lowest BCUT2D eigenvalue weighted by molar-refractivity contribution is 0.101. The Kier molecular flexibility index (Phi) is 5.05. The van der Waals surface area contributed by atoms with Crippen LogP contribution in [0.5, 0.6) is 5.75 Å². The number of anilines is 1. The molecule has 1 fully saturated rings. The van der Waals surface area contributed by atoms with Crippen molar-refractivity contribution in [3.05, 3.63) is 23.8 Å². The van der Waals surface area contributed by atoms with Crippen molar-refractivity contribution in [2.24, 2.45) is 0 Å². The van der Waals surface area contributed by atoms with Gasteiger partial charge in [-0.1, -0.05) is 31.7 Å². The van der Waals surface area contributed by atoms with Crippen LogP contribution in [0.15, 0.2) is 18.2 Å². The van der Waals surface area contributed by atoms with Crippen molar-refractivity contribution in [3.63, 3.8) is 0 Å². The zero-order valence-electron chi connectivity index (χ0n) is 12.8. The number of ketones is 1. The number of ether oxygens (including phenoxy) is 1. The second-order valence-electron chi connectivity index (χ2n) is 5.67. The van der Waals surface area contributed by atoms with Gasteiger partial charge >= 0.3 is 0 Å². The lowest BCUT2D eigenvalue weighted by Gasteiger charge is -2.31. The summed E-state index contributed by atoms with van der Waals surface area (Å²) in [5.41, 5.74) is 1.71. The number of rotatable bonds is 4. The Labute approximate surface area is 121 Å². The maximum Gasteiger partial charge on any atom is 0.165 e. The molecule has 0 unspecified atom stereocenters. The summed E-state index contributed by atoms with van der Waals surface area (Å²) in [6, 6.07) is 6.39. The Morgan fingerprint density at radius 2 is 1.85 bits per heavy atom. The average molecular weight is 275 g/mol. The van der Waals surface area contributed by atoms with Crippen molar-refractivity contribution in [2.75, 3.05) is 19.1 Å². The minimum atomic E-state index is 0.0675. The molecule has 0 radical (unpaired) electrons. The van der Waals surface area contributed by atoms with Crippen molar-refractivity contribution in [1.29, 1.82) is 0 Å². The number of methoxy groups -OCH3 is 1. The number of hydrogen-bond acceptors (Lipinski definition) is 3. The molecule has 20 heavy (non-hydrogen) atoms. The van der Waals surface area contributed by atoms with Gasteiger partial charge in [-0.25, -0.2) is 0 Å². The van der Waals surface area contributed by atoms with E-state index in [4.69, 9.17) is 4.74 Å². The van der Waals surface area contributed by atoms with Crippen LogP contribution in [0.4, 0.5) is 5.69 Å². The van der Waals surface area contributed by atoms with Crippen LogP contribution in [0.25, 0.3) is 0 Å². The summed E-state index contributed by atoms with van der Waals surface area (Å²) in [6.07, 6.45) is 7.67. The van der Waals surface area contributed by atoms with Crippen molar-refractivity contribution < 1.29 is 9.53 Å². The van der Waals surface area contributed by atoms with Crippen molar-refractivity contribution in [3.8, 4) is 5.75 Å². The van der Waals surface area contributed by atoms with Gasteiger partial charge in [0.2, 0.25) is 0 Å². The fourth-order valence-electron chi connectivity index (χ4n) is 3.18. The summed E-state index contributed by atoms with van der Waals surface area (Å²) in [5, 5.41) is 0. The number of carbonyl (C=O) groups is 1. The van der Waals surface area contributed by atoms with Gasteiger partial charge in [-0.2, -0.15) is 0 Å². The van der Waals surface area contributed by atoms with Gasteiger partial charge < -0.3 is 9.64 Å². The quantitative estimate of drug-likeness (QED) is 0.613. The van der Waals surface area contributed by atoms with Gasteiger partial charge in [-0.15, -0.1) is 0 Å². The fraction of sp³-hybridized carbons (Fsp3) is 0.588. The van der Waals surface area contributed by atoms with E-state index in [9.17, 15) is 4.79 Å². The van der Waals surface area contributed by atoms with Crippen LogP contribution < -0.4 is 9.64 Å². The lowest BCUT2D eigenvalue weighted by Crippen LogP contribution is -2.32. The standard InChI is InChI=1S/C17H25NO2/c1-13(19)17-15(11-8-12-16(17)20-3)18(2)14-9-6-4-5-7-10-14/h8,11-12,14H,4-7,9-10H2,1-3H3. The van der Waals surface area contributed by atoms with Crippen LogP contribution in [-0.4, -0.2) is 26.0 Å². The highest BCUT2D eigenvalue weighted by Crippen LogP contribution is 2.33. The fourth-order valence-corrected chi connectivity index (χ4v) is 3.18. The molecule has 1 saturated carbocycles. The molecule has 0 aliphatic heterocycles. The van der Waals surface area contributed by atoms with E-state index < -0.39 is 0 Å². The van der Waals surface area contributed by atoms with E-state index in [1.54, 1.807) is 14.0 Å². The molecule has 0 atom stereocenters. The summed E-state index contributed by atoms with van der Waals surface area (Å²) < 4.78 is 5.36. The molecule has 0 heterocycles. The number of nitrogens with zero attached hydrogens (tertiary/aromatic N) is 1. The van der Waals surface area contributed by atoms with E-state index in [-0.39, 0.29) is 5.78 Å². The van der Waals surface area contributed by atoms with Gasteiger partial charge in [0.05, 0.1) is 18.4 Å². The zero-order valence-corrected chi connectivity index (χ0v) is 12.8. The highest BCUT2D eigenvalue weighted by Gasteiger charge is 2.22. The predicted molar refractivity (Wildman–Crippen MR) is 82.9 cm³/mol. The summed E-state index contributed by atoms with van der Waals surface area (Å²) in [4.78, 5) is 14.3. The molecular formula is C17H25NO2. The Hall–Kier alpha value is -1.51. The SMILES string of the molecule is COc1cccc(N(C)C2CCCCCC2)c1C(C)=O. The molecule has 1 aromatic rings. The van der Waals surface area contributed by atoms with Gasteiger partial charge in [-0.05, 0) is 31.9 Å². The van der Waals surface area contributed by atoms with Crippen molar-refractivity contribution in [1.82, 2.24) is 0 Å². The molecule has 1 aliphatic carbocycles. The molecule has 3 heteroatoms. The van der Waals surface area contributed by atoms with Crippen LogP contribution >= 0.6 is 0 Å². The van der Waals surface area contributed by atoms with Crippen molar-refractivity contribution in [2.45, 2.75) is 51.5 Å². The normalized spacial score (nSPS) is 16.6. The first-order valence-electron chi connectivity index (χ1n) is 7.56. The van der Waals surface area contributed by atoms with Gasteiger partial charge in [0.15, 0.2) is 5.78 Å². The van der Waals surface area contributed by atoms with Crippen LogP contribution in [0.1, 0.15) is 55.8 Å². The average Bonchev–Trinajstić information content (AvgIpc) is 2.74. The minimum absolute atomic E-state index is 0.0675. The second kappa shape index (κ2) is 6.78. The van der Waals surface area contributed by atoms with Crippen LogP contribution in [-0.2, 0) is 0 Å². The van der Waals surface area contributed by atoms with Gasteiger partial charge in [0.25, 0.3) is 0 Å². The molecule has 0 aromatic heterocycles. The molecule has 0 bridgehead atoms. The molecule has 0 spiro atoms. The zero-order chi connectivity index (χ0) is 14.5. The number of Topliss-reactive ketones (excluding diaryl/α,β-unsaturated/α-hetero) is 1. The summed E-state index contributed by atoms with van der Waals surface area (Å²) in [6.45, 7) is 1.61. The third-order valence-corrected chi connectivity index (χ3v) is 4.33. The molecule has 1 aromatic carbocycles. The van der Waals surface area contributed by atoms with E-state index in [0.717, 1.165) is 5.69 Å². The summed E-state index contributed by atoms with van der Waals surface area (Å²) >= 11 is 0. The van der Waals surface area contributed by atoms with E-state index in [1.165, 1.54) is 38.5 Å². The van der Waals surface area contributed by atoms with E-state index >= 15 is 0 Å². The lowest BCUT2D eigenvalue weighted by atomic mass is 10.0. The molecule has 0 saturated heterocycles. The molecular weight excluding hydrogens is 250 g/mol. The first-order chi connectivity index (χ1) is 9.65. The van der Waals surface area contributed by atoms with Gasteiger partial charge in [0.1, 0.15) is 5.75 Å². The highest BCUT2D eigenvalue weighted by atomic mass is 16.5. The van der Waals surface area contributed by atoms with Crippen molar-refractivity contribution >= 4 is 11.5 Å². The Balaban J connectivity index is 2.32. The third kappa shape index (κ3) is 3.14. The van der Waals surface area contributed by atoms with Crippen LogP contribution in [0.3, 0.4) is 0 Å². The summed E-state index contributed by atoms with van der Waals surface area (Å²) in [5.74, 6) is 0.744. The second-order valence-corrected chi connectivity index (χ2v) is 5.67. The van der Waals surface area contributed by atoms with Crippen LogP contribution in [0, 0.1) is 0 Å². The van der Waals surface area contributed by atoms with E-state index in [1.807, 2.05) is 18.2 Å². The van der Waals surface area contributed by atoms with Crippen LogP contribution in [0.2, 0.25) is 0 Å². The number of hydrogen-bond donors (Lipinski definition) is 0. The Morgan fingerprint density at radius 3 is 2.40 bits per heavy atom. The topological polar surface area (TPSA) is 29.5 Å². The minimum Gasteiger partial charge on any atom is -0.496 e. The maximum atomic E-state index is 12.0. The van der Waals surface area contributed by atoms with E-state index in [2.05, 4.69) is 11.9 Å². The first-order valence-corrected chi connectivity index (χ1v) is 7.56. The molecule has 0 amide bonds. The number of carbonyl (C=O) groups excluding carboxylic acids is 1. The molecule has 1 aliphatic rings. The predicted octanol–water partition coefficient (Wildman–Crippen LogP) is 4.06. The molecule has 110 valence electrons. The Morgan fingerprint density at radius 1 is 1.20 bits per heavy atom. The number of benzene rings is 1. The molecule has 3 nitrogen and oxygen atoms in total. The monoisotopic (exact) mass is 275 g/mol. The van der Waals surface area contributed by atoms with E-state index in [0.29, 0.717) is 17.4 Å². The molecule has 0 N–H and O–H groups in total. The van der Waals surface area contributed by atoms with Gasteiger partial charge in [-0.3, -0.25) is 4.79 Å². The largest absolute Gasteiger partial charge is 0.496 e. The smallest absolute Gasteiger partial charge is 0.165 e. The highest BCUT2D eigenvalue weighted by molar-refractivity contribution is 6.02. The molecule has 2 rings (SSSR count). The third-order valence-electron chi connectivity index (χ3n) is 4.33. The van der Waals surface area contributed by atoms with Gasteiger partial charge in [0, 0.05) is 13.1 Å². The first kappa shape index (κ1) is 14.9. The Bertz CT molecular complexity index is 462.